The van der Waals surface area contributed by atoms with Crippen LogP contribution in [0.15, 0.2) is 0 Å². The smallest absolute Gasteiger partial charge is 0.0691 e. The van der Waals surface area contributed by atoms with Crippen molar-refractivity contribution >= 4 is 10.8 Å². The molecule has 0 aromatic heterocycles. The van der Waals surface area contributed by atoms with Crippen molar-refractivity contribution in [2.45, 2.75) is 38.8 Å². The molecule has 2 unspecified atom stereocenters. The molecule has 0 amide bonds. The standard InChI is InChI=1S/C10H21NO2S/c1-9(2)11-5-7-14(12)8-10-4-3-6-13-10/h9-11H,3-8H2,1-2H3. The third kappa shape index (κ3) is 5.08. The fraction of sp³-hybridized carbons (Fsp3) is 1.00. The summed E-state index contributed by atoms with van der Waals surface area (Å²) in [5.41, 5.74) is 0. The van der Waals surface area contributed by atoms with Gasteiger partial charge in [-0.25, -0.2) is 0 Å². The number of rotatable bonds is 6. The highest BCUT2D eigenvalue weighted by atomic mass is 32.2. The zero-order chi connectivity index (χ0) is 10.4. The molecule has 1 saturated heterocycles. The minimum atomic E-state index is -0.714. The van der Waals surface area contributed by atoms with Crippen molar-refractivity contribution in [1.82, 2.24) is 5.32 Å². The van der Waals surface area contributed by atoms with Crippen LogP contribution in [0.2, 0.25) is 0 Å². The first-order valence-corrected chi connectivity index (χ1v) is 6.87. The topological polar surface area (TPSA) is 38.3 Å². The highest BCUT2D eigenvalue weighted by Gasteiger charge is 2.17. The number of nitrogens with one attached hydrogen (secondary N) is 1. The van der Waals surface area contributed by atoms with Crippen molar-refractivity contribution in [2.24, 2.45) is 0 Å². The molecule has 0 radical (unpaired) electrons. The maximum absolute atomic E-state index is 11.6. The molecule has 0 aromatic carbocycles. The van der Waals surface area contributed by atoms with Gasteiger partial charge in [0.15, 0.2) is 0 Å². The Kier molecular flexibility index (Phi) is 5.67. The number of hydrogen-bond donors (Lipinski definition) is 1. The van der Waals surface area contributed by atoms with Crippen molar-refractivity contribution < 1.29 is 8.95 Å². The van der Waals surface area contributed by atoms with Gasteiger partial charge in [0, 0.05) is 41.5 Å². The van der Waals surface area contributed by atoms with Crippen LogP contribution in [0.1, 0.15) is 26.7 Å². The zero-order valence-electron chi connectivity index (χ0n) is 9.12. The van der Waals surface area contributed by atoms with Crippen LogP contribution in [-0.4, -0.2) is 41.0 Å². The van der Waals surface area contributed by atoms with E-state index in [9.17, 15) is 4.21 Å². The van der Waals surface area contributed by atoms with Gasteiger partial charge in [-0.05, 0) is 12.8 Å². The Morgan fingerprint density at radius 1 is 1.57 bits per heavy atom. The molecule has 0 bridgehead atoms. The second kappa shape index (κ2) is 6.53. The van der Waals surface area contributed by atoms with Gasteiger partial charge in [0.25, 0.3) is 0 Å². The highest BCUT2D eigenvalue weighted by molar-refractivity contribution is 7.85. The van der Waals surface area contributed by atoms with E-state index in [4.69, 9.17) is 4.74 Å². The van der Waals surface area contributed by atoms with Gasteiger partial charge in [-0.15, -0.1) is 0 Å². The Morgan fingerprint density at radius 3 is 2.93 bits per heavy atom. The summed E-state index contributed by atoms with van der Waals surface area (Å²) in [6.45, 7) is 5.90. The molecule has 3 nitrogen and oxygen atoms in total. The molecular formula is C10H21NO2S. The van der Waals surface area contributed by atoms with E-state index in [1.54, 1.807) is 0 Å². The summed E-state index contributed by atoms with van der Waals surface area (Å²) in [5.74, 6) is 1.47. The quantitative estimate of drug-likeness (QED) is 0.722. The van der Waals surface area contributed by atoms with Crippen LogP contribution in [0.4, 0.5) is 0 Å². The van der Waals surface area contributed by atoms with Crippen LogP contribution in [0.5, 0.6) is 0 Å². The molecule has 1 aliphatic heterocycles. The first-order chi connectivity index (χ1) is 6.68. The lowest BCUT2D eigenvalue weighted by molar-refractivity contribution is 0.128. The molecule has 0 saturated carbocycles. The van der Waals surface area contributed by atoms with Crippen LogP contribution in [-0.2, 0) is 15.5 Å². The Hall–Kier alpha value is 0.0700. The van der Waals surface area contributed by atoms with E-state index in [0.29, 0.717) is 6.04 Å². The molecule has 1 fully saturated rings. The van der Waals surface area contributed by atoms with E-state index in [1.165, 1.54) is 0 Å². The molecule has 0 aromatic rings. The maximum Gasteiger partial charge on any atom is 0.0691 e. The van der Waals surface area contributed by atoms with Crippen molar-refractivity contribution in [3.63, 3.8) is 0 Å². The summed E-state index contributed by atoms with van der Waals surface area (Å²) in [5, 5.41) is 3.27. The van der Waals surface area contributed by atoms with Crippen molar-refractivity contribution in [1.29, 1.82) is 0 Å². The predicted octanol–water partition coefficient (Wildman–Crippen LogP) is 0.912. The van der Waals surface area contributed by atoms with E-state index in [0.717, 1.165) is 37.5 Å². The molecule has 4 heteroatoms. The van der Waals surface area contributed by atoms with E-state index >= 15 is 0 Å². The summed E-state index contributed by atoms with van der Waals surface area (Å²) in [6, 6.07) is 0.481. The van der Waals surface area contributed by atoms with Gasteiger partial charge in [0.1, 0.15) is 0 Å². The molecule has 2 atom stereocenters. The lowest BCUT2D eigenvalue weighted by atomic mass is 10.3. The molecule has 0 spiro atoms. The lowest BCUT2D eigenvalue weighted by Gasteiger charge is -2.10. The van der Waals surface area contributed by atoms with Gasteiger partial charge in [-0.1, -0.05) is 13.8 Å². The van der Waals surface area contributed by atoms with Gasteiger partial charge >= 0.3 is 0 Å². The summed E-state index contributed by atoms with van der Waals surface area (Å²) >= 11 is 0. The van der Waals surface area contributed by atoms with Gasteiger partial charge in [-0.3, -0.25) is 4.21 Å². The monoisotopic (exact) mass is 219 g/mol. The summed E-state index contributed by atoms with van der Waals surface area (Å²) in [4.78, 5) is 0. The molecule has 1 rings (SSSR count). The molecule has 1 heterocycles. The fourth-order valence-corrected chi connectivity index (χ4v) is 2.72. The minimum absolute atomic E-state index is 0.259. The highest BCUT2D eigenvalue weighted by Crippen LogP contribution is 2.12. The van der Waals surface area contributed by atoms with Crippen molar-refractivity contribution in [3.8, 4) is 0 Å². The molecule has 14 heavy (non-hydrogen) atoms. The van der Waals surface area contributed by atoms with E-state index in [1.807, 2.05) is 0 Å². The fourth-order valence-electron chi connectivity index (χ4n) is 1.53. The summed E-state index contributed by atoms with van der Waals surface area (Å²) in [6.07, 6.45) is 2.48. The van der Waals surface area contributed by atoms with E-state index in [2.05, 4.69) is 19.2 Å². The zero-order valence-corrected chi connectivity index (χ0v) is 9.94. The number of ether oxygens (including phenoxy) is 1. The van der Waals surface area contributed by atoms with Crippen LogP contribution in [0, 0.1) is 0 Å². The third-order valence-corrected chi connectivity index (χ3v) is 3.68. The second-order valence-corrected chi connectivity index (χ2v) is 5.68. The second-order valence-electron chi connectivity index (χ2n) is 4.05. The Labute approximate surface area is 89.1 Å². The largest absolute Gasteiger partial charge is 0.377 e. The minimum Gasteiger partial charge on any atom is -0.377 e. The molecule has 1 aliphatic rings. The SMILES string of the molecule is CC(C)NCCS(=O)CC1CCCO1. The molecule has 1 N–H and O–H groups in total. The molecular weight excluding hydrogens is 198 g/mol. The van der Waals surface area contributed by atoms with E-state index < -0.39 is 10.8 Å². The molecule has 0 aliphatic carbocycles. The summed E-state index contributed by atoms with van der Waals surface area (Å²) in [7, 11) is -0.714. The Bertz CT molecular complexity index is 179. The maximum atomic E-state index is 11.6. The van der Waals surface area contributed by atoms with Crippen LogP contribution in [0.3, 0.4) is 0 Å². The average molecular weight is 219 g/mol. The predicted molar refractivity (Wildman–Crippen MR) is 60.0 cm³/mol. The average Bonchev–Trinajstić information content (AvgIpc) is 2.56. The third-order valence-electron chi connectivity index (χ3n) is 2.28. The van der Waals surface area contributed by atoms with Gasteiger partial charge in [-0.2, -0.15) is 0 Å². The molecule has 84 valence electrons. The van der Waals surface area contributed by atoms with Gasteiger partial charge in [0.2, 0.25) is 0 Å². The van der Waals surface area contributed by atoms with Gasteiger partial charge in [0.05, 0.1) is 6.10 Å². The van der Waals surface area contributed by atoms with Crippen molar-refractivity contribution in [3.05, 3.63) is 0 Å². The normalized spacial score (nSPS) is 24.4. The lowest BCUT2D eigenvalue weighted by Crippen LogP contribution is -2.29. The van der Waals surface area contributed by atoms with E-state index in [-0.39, 0.29) is 6.10 Å². The first kappa shape index (κ1) is 12.1. The Morgan fingerprint density at radius 2 is 2.36 bits per heavy atom. The first-order valence-electron chi connectivity index (χ1n) is 5.38. The number of hydrogen-bond acceptors (Lipinski definition) is 3. The van der Waals surface area contributed by atoms with Crippen molar-refractivity contribution in [2.75, 3.05) is 24.7 Å². The van der Waals surface area contributed by atoms with Crippen LogP contribution < -0.4 is 5.32 Å². The van der Waals surface area contributed by atoms with Gasteiger partial charge < -0.3 is 10.1 Å². The summed E-state index contributed by atoms with van der Waals surface area (Å²) < 4.78 is 17.0. The van der Waals surface area contributed by atoms with Crippen LogP contribution in [0.25, 0.3) is 0 Å². The Balaban J connectivity index is 2.03. The van der Waals surface area contributed by atoms with Crippen LogP contribution >= 0.6 is 0 Å².